The molecule has 122 valence electrons. The Balaban J connectivity index is 2.02. The van der Waals surface area contributed by atoms with Crippen molar-refractivity contribution in [3.63, 3.8) is 0 Å². The quantitative estimate of drug-likeness (QED) is 0.910. The van der Waals surface area contributed by atoms with Crippen molar-refractivity contribution in [2.24, 2.45) is 0 Å². The van der Waals surface area contributed by atoms with Crippen molar-refractivity contribution in [1.82, 2.24) is 9.97 Å². The number of piperidine rings is 1. The van der Waals surface area contributed by atoms with E-state index in [4.69, 9.17) is 9.97 Å². The number of nitrogens with zero attached hydrogens (tertiary/aromatic N) is 3. The molecule has 0 aliphatic carbocycles. The molecule has 2 atom stereocenters. The van der Waals surface area contributed by atoms with Gasteiger partial charge in [0, 0.05) is 29.5 Å². The first kappa shape index (κ1) is 15.7. The Morgan fingerprint density at radius 1 is 1.14 bits per heavy atom. The number of rotatable bonds is 2. The van der Waals surface area contributed by atoms with Crippen LogP contribution in [0.15, 0.2) is 6.07 Å². The third kappa shape index (κ3) is 2.85. The Morgan fingerprint density at radius 2 is 1.73 bits per heavy atom. The lowest BCUT2D eigenvalue weighted by Crippen LogP contribution is -2.45. The number of fused-ring (bicyclic) bond motifs is 2. The second-order valence-electron chi connectivity index (χ2n) is 8.29. The first-order valence-corrected chi connectivity index (χ1v) is 8.61. The third-order valence-electron chi connectivity index (χ3n) is 4.99. The van der Waals surface area contributed by atoms with Gasteiger partial charge in [-0.1, -0.05) is 34.6 Å². The molecule has 2 unspecified atom stereocenters. The van der Waals surface area contributed by atoms with Crippen molar-refractivity contribution in [2.45, 2.75) is 89.8 Å². The second kappa shape index (κ2) is 5.48. The van der Waals surface area contributed by atoms with Gasteiger partial charge >= 0.3 is 0 Å². The molecule has 0 radical (unpaired) electrons. The smallest absolute Gasteiger partial charge is 0.133 e. The molecule has 1 N–H and O–H groups in total. The zero-order valence-electron chi connectivity index (χ0n) is 14.5. The van der Waals surface area contributed by atoms with Gasteiger partial charge in [0.05, 0.1) is 11.8 Å². The van der Waals surface area contributed by atoms with E-state index >= 15 is 0 Å². The first-order chi connectivity index (χ1) is 10.3. The Hall–Kier alpha value is -1.16. The molecule has 2 fully saturated rings. The predicted octanol–water partition coefficient (Wildman–Crippen LogP) is 3.39. The summed E-state index contributed by atoms with van der Waals surface area (Å²) in [5.41, 5.74) is 1.14. The second-order valence-corrected chi connectivity index (χ2v) is 8.29. The largest absolute Gasteiger partial charge is 0.393 e. The van der Waals surface area contributed by atoms with Gasteiger partial charge in [-0.25, -0.2) is 9.97 Å². The predicted molar refractivity (Wildman–Crippen MR) is 89.4 cm³/mol. The van der Waals surface area contributed by atoms with Gasteiger partial charge in [0.25, 0.3) is 0 Å². The molecule has 0 saturated carbocycles. The van der Waals surface area contributed by atoms with Gasteiger partial charge in [-0.15, -0.1) is 0 Å². The van der Waals surface area contributed by atoms with Crippen LogP contribution in [0.2, 0.25) is 0 Å². The van der Waals surface area contributed by atoms with Gasteiger partial charge in [0.1, 0.15) is 11.6 Å². The van der Waals surface area contributed by atoms with Gasteiger partial charge in [-0.2, -0.15) is 0 Å². The highest BCUT2D eigenvalue weighted by Crippen LogP contribution is 2.39. The number of aliphatic hydroxyl groups is 1. The fraction of sp³-hybridized carbons (Fsp3) is 0.778. The molecule has 1 aromatic heterocycles. The standard InChI is InChI=1S/C18H29N3O/c1-11(2)17-19-15(18(3,4)5)10-16(20-17)21-12-6-7-13(21)9-14(22)8-12/h10-14,22H,6-9H2,1-5H3. The van der Waals surface area contributed by atoms with Crippen LogP contribution in [0.5, 0.6) is 0 Å². The average molecular weight is 303 g/mol. The topological polar surface area (TPSA) is 49.2 Å². The number of anilines is 1. The highest BCUT2D eigenvalue weighted by molar-refractivity contribution is 5.46. The molecule has 0 spiro atoms. The van der Waals surface area contributed by atoms with Crippen LogP contribution in [-0.4, -0.2) is 33.3 Å². The fourth-order valence-corrected chi connectivity index (χ4v) is 3.75. The van der Waals surface area contributed by atoms with Gasteiger partial charge in [-0.05, 0) is 25.7 Å². The Kier molecular flexibility index (Phi) is 3.92. The fourth-order valence-electron chi connectivity index (χ4n) is 3.75. The summed E-state index contributed by atoms with van der Waals surface area (Å²) in [5.74, 6) is 2.34. The lowest BCUT2D eigenvalue weighted by atomic mass is 9.91. The summed E-state index contributed by atoms with van der Waals surface area (Å²) in [7, 11) is 0. The lowest BCUT2D eigenvalue weighted by molar-refractivity contribution is 0.126. The van der Waals surface area contributed by atoms with Crippen LogP contribution < -0.4 is 4.90 Å². The maximum absolute atomic E-state index is 10.0. The average Bonchev–Trinajstić information content (AvgIpc) is 2.69. The van der Waals surface area contributed by atoms with Crippen molar-refractivity contribution < 1.29 is 5.11 Å². The van der Waals surface area contributed by atoms with E-state index in [-0.39, 0.29) is 11.5 Å². The third-order valence-corrected chi connectivity index (χ3v) is 4.99. The summed E-state index contributed by atoms with van der Waals surface area (Å²) < 4.78 is 0. The van der Waals surface area contributed by atoms with Crippen molar-refractivity contribution >= 4 is 5.82 Å². The molecule has 4 heteroatoms. The first-order valence-electron chi connectivity index (χ1n) is 8.61. The van der Waals surface area contributed by atoms with Crippen molar-refractivity contribution in [3.05, 3.63) is 17.6 Å². The van der Waals surface area contributed by atoms with Crippen LogP contribution in [-0.2, 0) is 5.41 Å². The number of hydrogen-bond acceptors (Lipinski definition) is 4. The Labute approximate surface area is 134 Å². The SMILES string of the molecule is CC(C)c1nc(N2C3CCC2CC(O)C3)cc(C(C)(C)C)n1. The van der Waals surface area contributed by atoms with Crippen LogP contribution >= 0.6 is 0 Å². The lowest BCUT2D eigenvalue weighted by Gasteiger charge is -2.38. The van der Waals surface area contributed by atoms with Crippen molar-refractivity contribution in [1.29, 1.82) is 0 Å². The monoisotopic (exact) mass is 303 g/mol. The normalized spacial score (nSPS) is 28.5. The molecule has 3 rings (SSSR count). The maximum atomic E-state index is 10.0. The van der Waals surface area contributed by atoms with Crippen LogP contribution in [0.1, 0.15) is 77.7 Å². The molecule has 4 nitrogen and oxygen atoms in total. The van der Waals surface area contributed by atoms with Crippen molar-refractivity contribution in [2.75, 3.05) is 4.90 Å². The van der Waals surface area contributed by atoms with Crippen molar-refractivity contribution in [3.8, 4) is 0 Å². The van der Waals surface area contributed by atoms with E-state index < -0.39 is 0 Å². The van der Waals surface area contributed by atoms with E-state index in [9.17, 15) is 5.11 Å². The van der Waals surface area contributed by atoms with Gasteiger partial charge in [-0.3, -0.25) is 0 Å². The molecular weight excluding hydrogens is 274 g/mol. The molecule has 0 aromatic carbocycles. The molecule has 0 amide bonds. The van der Waals surface area contributed by atoms with E-state index in [0.29, 0.717) is 18.0 Å². The Morgan fingerprint density at radius 3 is 2.23 bits per heavy atom. The zero-order chi connectivity index (χ0) is 16.1. The number of hydrogen-bond donors (Lipinski definition) is 1. The van der Waals surface area contributed by atoms with Crippen LogP contribution in [0, 0.1) is 0 Å². The summed E-state index contributed by atoms with van der Waals surface area (Å²) in [5, 5.41) is 10.0. The van der Waals surface area contributed by atoms with Crippen LogP contribution in [0.4, 0.5) is 5.82 Å². The highest BCUT2D eigenvalue weighted by atomic mass is 16.3. The summed E-state index contributed by atoms with van der Waals surface area (Å²) in [4.78, 5) is 12.1. The molecule has 1 aromatic rings. The van der Waals surface area contributed by atoms with E-state index in [1.807, 2.05) is 0 Å². The van der Waals surface area contributed by atoms with E-state index in [0.717, 1.165) is 30.2 Å². The molecular formula is C18H29N3O. The zero-order valence-corrected chi connectivity index (χ0v) is 14.5. The maximum Gasteiger partial charge on any atom is 0.133 e. The summed E-state index contributed by atoms with van der Waals surface area (Å²) in [6.45, 7) is 10.9. The van der Waals surface area contributed by atoms with Crippen LogP contribution in [0.3, 0.4) is 0 Å². The van der Waals surface area contributed by atoms with Gasteiger partial charge < -0.3 is 10.0 Å². The van der Waals surface area contributed by atoms with Gasteiger partial charge in [0.15, 0.2) is 0 Å². The highest BCUT2D eigenvalue weighted by Gasteiger charge is 2.41. The van der Waals surface area contributed by atoms with Crippen LogP contribution in [0.25, 0.3) is 0 Å². The molecule has 22 heavy (non-hydrogen) atoms. The minimum absolute atomic E-state index is 0.0235. The summed E-state index contributed by atoms with van der Waals surface area (Å²) in [6, 6.07) is 3.06. The molecule has 2 saturated heterocycles. The minimum Gasteiger partial charge on any atom is -0.393 e. The Bertz CT molecular complexity index is 536. The summed E-state index contributed by atoms with van der Waals surface area (Å²) in [6.07, 6.45) is 3.97. The molecule has 2 bridgehead atoms. The minimum atomic E-state index is -0.137. The van der Waals surface area contributed by atoms with Gasteiger partial charge in [0.2, 0.25) is 0 Å². The van der Waals surface area contributed by atoms with E-state index in [2.05, 4.69) is 45.6 Å². The van der Waals surface area contributed by atoms with E-state index in [1.165, 1.54) is 12.8 Å². The summed E-state index contributed by atoms with van der Waals surface area (Å²) >= 11 is 0. The molecule has 2 aliphatic heterocycles. The number of aliphatic hydroxyl groups excluding tert-OH is 1. The molecule has 3 heterocycles. The number of aromatic nitrogens is 2. The molecule has 2 aliphatic rings. The van der Waals surface area contributed by atoms with E-state index in [1.54, 1.807) is 0 Å².